The summed E-state index contributed by atoms with van der Waals surface area (Å²) >= 11 is 1.46. The Morgan fingerprint density at radius 2 is 1.82 bits per heavy atom. The van der Waals surface area contributed by atoms with Crippen LogP contribution in [-0.2, 0) is 9.59 Å². The van der Waals surface area contributed by atoms with Crippen LogP contribution in [0, 0.1) is 5.41 Å². The monoisotopic (exact) mass is 489 g/mol. The summed E-state index contributed by atoms with van der Waals surface area (Å²) in [6, 6.07) is 6.12. The van der Waals surface area contributed by atoms with E-state index >= 15 is 0 Å². The van der Waals surface area contributed by atoms with E-state index in [0.717, 1.165) is 54.6 Å². The van der Waals surface area contributed by atoms with Gasteiger partial charge in [0.1, 0.15) is 11.3 Å². The first kappa shape index (κ1) is 28.1. The Labute approximate surface area is 209 Å². The van der Waals surface area contributed by atoms with Crippen molar-refractivity contribution in [3.05, 3.63) is 18.2 Å². The topological polar surface area (TPSA) is 71.5 Å². The lowest BCUT2D eigenvalue weighted by Gasteiger charge is -2.27. The molecule has 0 aliphatic carbocycles. The van der Waals surface area contributed by atoms with E-state index in [0.29, 0.717) is 18.2 Å². The molecule has 1 N–H and O–H groups in total. The van der Waals surface area contributed by atoms with E-state index in [1.54, 1.807) is 0 Å². The third-order valence-corrected chi connectivity index (χ3v) is 6.71. The summed E-state index contributed by atoms with van der Waals surface area (Å²) < 4.78 is 7.03. The fourth-order valence-electron chi connectivity index (χ4n) is 3.64. The quantitative estimate of drug-likeness (QED) is 0.289. The molecule has 0 saturated heterocycles. The van der Waals surface area contributed by atoms with Crippen molar-refractivity contribution >= 4 is 38.5 Å². The molecule has 0 radical (unpaired) electrons. The number of hydrogen-bond acceptors (Lipinski definition) is 5. The lowest BCUT2D eigenvalue weighted by atomic mass is 9.96. The molecule has 0 unspecified atom stereocenters. The van der Waals surface area contributed by atoms with Gasteiger partial charge in [-0.15, -0.1) is 0 Å². The van der Waals surface area contributed by atoms with Gasteiger partial charge < -0.3 is 15.0 Å². The fourth-order valence-corrected chi connectivity index (χ4v) is 4.52. The van der Waals surface area contributed by atoms with E-state index in [-0.39, 0.29) is 17.9 Å². The zero-order valence-electron chi connectivity index (χ0n) is 21.9. The fraction of sp³-hybridized carbons (Fsp3) is 0.667. The normalized spacial score (nSPS) is 11.7. The van der Waals surface area contributed by atoms with E-state index in [4.69, 9.17) is 4.74 Å². The number of benzene rings is 1. The SMILES string of the molecule is CCCCCCC(=O)N(CCCCCOc1cccc2sc(NC(=O)C(C)(C)C)nc12)C(C)C. The third-order valence-electron chi connectivity index (χ3n) is 5.77. The molecule has 0 spiro atoms. The van der Waals surface area contributed by atoms with E-state index in [9.17, 15) is 9.59 Å². The highest BCUT2D eigenvalue weighted by Crippen LogP contribution is 2.33. The Morgan fingerprint density at radius 1 is 1.09 bits per heavy atom. The lowest BCUT2D eigenvalue weighted by Crippen LogP contribution is -2.37. The van der Waals surface area contributed by atoms with E-state index in [2.05, 4.69) is 31.1 Å². The summed E-state index contributed by atoms with van der Waals surface area (Å²) in [4.78, 5) is 31.5. The van der Waals surface area contributed by atoms with E-state index < -0.39 is 5.41 Å². The van der Waals surface area contributed by atoms with Gasteiger partial charge in [-0.1, -0.05) is 64.4 Å². The second kappa shape index (κ2) is 13.7. The van der Waals surface area contributed by atoms with Gasteiger partial charge in [-0.2, -0.15) is 0 Å². The second-order valence-corrected chi connectivity index (χ2v) is 11.3. The first-order valence-corrected chi connectivity index (χ1v) is 13.6. The molecule has 0 saturated carbocycles. The highest BCUT2D eigenvalue weighted by Gasteiger charge is 2.22. The Kier molecular flexibility index (Phi) is 11.3. The number of ether oxygens (including phenoxy) is 1. The highest BCUT2D eigenvalue weighted by atomic mass is 32.1. The molecule has 2 amide bonds. The van der Waals surface area contributed by atoms with Crippen molar-refractivity contribution < 1.29 is 14.3 Å². The molecule has 34 heavy (non-hydrogen) atoms. The number of thiazole rings is 1. The number of unbranched alkanes of at least 4 members (excludes halogenated alkanes) is 5. The van der Waals surface area contributed by atoms with Crippen LogP contribution in [0.3, 0.4) is 0 Å². The number of carbonyl (C=O) groups excluding carboxylic acids is 2. The van der Waals surface area contributed by atoms with Gasteiger partial charge in [0.05, 0.1) is 11.3 Å². The maximum Gasteiger partial charge on any atom is 0.231 e. The van der Waals surface area contributed by atoms with Gasteiger partial charge in [-0.3, -0.25) is 9.59 Å². The number of hydrogen-bond donors (Lipinski definition) is 1. The number of rotatable bonds is 14. The molecule has 2 rings (SSSR count). The minimum atomic E-state index is -0.470. The van der Waals surface area contributed by atoms with Crippen LogP contribution in [0.1, 0.15) is 92.9 Å². The number of aromatic nitrogens is 1. The first-order chi connectivity index (χ1) is 16.1. The minimum absolute atomic E-state index is 0.0519. The highest BCUT2D eigenvalue weighted by molar-refractivity contribution is 7.22. The van der Waals surface area contributed by atoms with Crippen LogP contribution in [0.5, 0.6) is 5.75 Å². The van der Waals surface area contributed by atoms with Crippen LogP contribution in [-0.4, -0.2) is 40.9 Å². The Hall–Kier alpha value is -2.15. The summed E-state index contributed by atoms with van der Waals surface area (Å²) in [5.74, 6) is 0.979. The Balaban J connectivity index is 1.79. The van der Waals surface area contributed by atoms with Crippen LogP contribution in [0.2, 0.25) is 0 Å². The average molecular weight is 490 g/mol. The maximum atomic E-state index is 12.6. The van der Waals surface area contributed by atoms with Crippen LogP contribution >= 0.6 is 11.3 Å². The molecule has 0 aliphatic heterocycles. The number of fused-ring (bicyclic) bond motifs is 1. The molecule has 1 aromatic carbocycles. The Bertz CT molecular complexity index is 917. The zero-order valence-corrected chi connectivity index (χ0v) is 22.7. The largest absolute Gasteiger partial charge is 0.491 e. The molecule has 1 heterocycles. The summed E-state index contributed by atoms with van der Waals surface area (Å²) in [7, 11) is 0. The molecule has 0 fully saturated rings. The molecule has 0 aliphatic rings. The van der Waals surface area contributed by atoms with Crippen molar-refractivity contribution in [2.75, 3.05) is 18.5 Å². The predicted octanol–water partition coefficient (Wildman–Crippen LogP) is 7.04. The summed E-state index contributed by atoms with van der Waals surface area (Å²) in [5.41, 5.74) is 0.318. The van der Waals surface area contributed by atoms with Gasteiger partial charge in [0.15, 0.2) is 5.13 Å². The standard InChI is InChI=1S/C27H43N3O3S/c1-7-8-9-11-17-23(31)30(20(2)3)18-12-10-13-19-33-21-15-14-16-22-24(21)28-26(34-22)29-25(32)27(4,5)6/h14-16,20H,7-13,17-19H2,1-6H3,(H,28,29,32). The molecule has 6 nitrogen and oxygen atoms in total. The minimum Gasteiger partial charge on any atom is -0.491 e. The van der Waals surface area contributed by atoms with Crippen molar-refractivity contribution in [2.24, 2.45) is 5.41 Å². The van der Waals surface area contributed by atoms with Crippen molar-refractivity contribution in [1.29, 1.82) is 0 Å². The molecule has 0 bridgehead atoms. The average Bonchev–Trinajstić information content (AvgIpc) is 3.18. The third kappa shape index (κ3) is 8.90. The van der Waals surface area contributed by atoms with Gasteiger partial charge in [-0.05, 0) is 51.7 Å². The van der Waals surface area contributed by atoms with Crippen LogP contribution in [0.4, 0.5) is 5.13 Å². The molecule has 0 atom stereocenters. The molecule has 2 aromatic rings. The van der Waals surface area contributed by atoms with Crippen molar-refractivity contribution in [3.8, 4) is 5.75 Å². The van der Waals surface area contributed by atoms with Crippen molar-refractivity contribution in [3.63, 3.8) is 0 Å². The van der Waals surface area contributed by atoms with Crippen LogP contribution in [0.15, 0.2) is 18.2 Å². The number of nitrogens with zero attached hydrogens (tertiary/aromatic N) is 2. The van der Waals surface area contributed by atoms with E-state index in [1.807, 2.05) is 43.9 Å². The zero-order chi connectivity index (χ0) is 25.1. The lowest BCUT2D eigenvalue weighted by molar-refractivity contribution is -0.133. The van der Waals surface area contributed by atoms with Crippen molar-refractivity contribution in [1.82, 2.24) is 9.88 Å². The van der Waals surface area contributed by atoms with Gasteiger partial charge >= 0.3 is 0 Å². The number of carbonyl (C=O) groups is 2. The summed E-state index contributed by atoms with van der Waals surface area (Å²) in [6.45, 7) is 13.4. The van der Waals surface area contributed by atoms with Crippen LogP contribution < -0.4 is 10.1 Å². The van der Waals surface area contributed by atoms with Gasteiger partial charge in [-0.25, -0.2) is 4.98 Å². The molecule has 1 aromatic heterocycles. The number of amides is 2. The van der Waals surface area contributed by atoms with E-state index in [1.165, 1.54) is 24.2 Å². The van der Waals surface area contributed by atoms with Gasteiger partial charge in [0.25, 0.3) is 0 Å². The Morgan fingerprint density at radius 3 is 2.50 bits per heavy atom. The number of para-hydroxylation sites is 1. The molecular formula is C27H43N3O3S. The number of anilines is 1. The maximum absolute atomic E-state index is 12.6. The second-order valence-electron chi connectivity index (χ2n) is 10.2. The molecule has 190 valence electrons. The van der Waals surface area contributed by atoms with Crippen molar-refractivity contribution in [2.45, 2.75) is 99.0 Å². The van der Waals surface area contributed by atoms with Crippen LogP contribution in [0.25, 0.3) is 10.2 Å². The first-order valence-electron chi connectivity index (χ1n) is 12.8. The molecular weight excluding hydrogens is 446 g/mol. The predicted molar refractivity (Wildman–Crippen MR) is 143 cm³/mol. The molecule has 7 heteroatoms. The van der Waals surface area contributed by atoms with Gasteiger partial charge in [0.2, 0.25) is 11.8 Å². The summed E-state index contributed by atoms with van der Waals surface area (Å²) in [5, 5.41) is 3.51. The van der Waals surface area contributed by atoms with Gasteiger partial charge in [0, 0.05) is 24.4 Å². The number of nitrogens with one attached hydrogen (secondary N) is 1. The smallest absolute Gasteiger partial charge is 0.231 e. The summed E-state index contributed by atoms with van der Waals surface area (Å²) in [6.07, 6.45) is 8.10.